The number of aliphatic imine (C=N–C) groups is 1. The fourth-order valence-corrected chi connectivity index (χ4v) is 3.86. The molecule has 0 fully saturated rings. The second-order valence-electron chi connectivity index (χ2n) is 7.72. The molecule has 0 bridgehead atoms. The molecular weight excluding hydrogens is 688 g/mol. The van der Waals surface area contributed by atoms with E-state index in [1.54, 1.807) is 0 Å². The summed E-state index contributed by atoms with van der Waals surface area (Å²) in [5.74, 6) is -27.7. The van der Waals surface area contributed by atoms with Gasteiger partial charge in [0.15, 0.2) is 0 Å². The monoisotopic (exact) mass is 691 g/mol. The number of allylic oxidation sites excluding steroid dienone is 3. The van der Waals surface area contributed by atoms with Crippen LogP contribution in [0.3, 0.4) is 0 Å². The van der Waals surface area contributed by atoms with Crippen LogP contribution < -0.4 is 0 Å². The van der Waals surface area contributed by atoms with E-state index in [0.29, 0.717) is 18.0 Å². The van der Waals surface area contributed by atoms with Crippen LogP contribution in [0.5, 0.6) is 0 Å². The Morgan fingerprint density at radius 1 is 0.575 bits per heavy atom. The molecule has 0 radical (unpaired) electrons. The number of benzene rings is 1. The number of hydrogen-bond donors (Lipinski definition) is 0. The lowest BCUT2D eigenvalue weighted by atomic mass is 9.76. The van der Waals surface area contributed by atoms with Crippen molar-refractivity contribution in [3.63, 3.8) is 0 Å². The molecule has 0 unspecified atom stereocenters. The van der Waals surface area contributed by atoms with E-state index in [4.69, 9.17) is 0 Å². The summed E-state index contributed by atoms with van der Waals surface area (Å²) in [6.07, 6.45) is 0. The Hall–Kier alpha value is -1.55. The number of hydrogen-bond acceptors (Lipinski definition) is 1. The minimum atomic E-state index is -7.29. The van der Waals surface area contributed by atoms with Crippen molar-refractivity contribution in [2.45, 2.75) is 45.2 Å². The maximum atomic E-state index is 15.1. The summed E-state index contributed by atoms with van der Waals surface area (Å²) in [5, 5.41) is -26.1. The molecule has 0 N–H and O–H groups in total. The zero-order valence-electron chi connectivity index (χ0n) is 17.9. The Morgan fingerprint density at radius 2 is 0.950 bits per heavy atom. The first-order valence-electron chi connectivity index (χ1n) is 9.39. The molecule has 40 heavy (non-hydrogen) atoms. The smallest absolute Gasteiger partial charge is 0.206 e. The molecule has 1 aliphatic rings. The molecule has 0 aliphatic heterocycles. The van der Waals surface area contributed by atoms with Crippen LogP contribution in [0, 0.1) is 5.41 Å². The van der Waals surface area contributed by atoms with Gasteiger partial charge >= 0.3 is 45.2 Å². The summed E-state index contributed by atoms with van der Waals surface area (Å²) in [7, 11) is 0. The number of rotatable bonds is 10. The van der Waals surface area contributed by atoms with Crippen LogP contribution in [0.15, 0.2) is 52.0 Å². The van der Waals surface area contributed by atoms with Gasteiger partial charge in [-0.25, -0.2) is 4.99 Å². The second-order valence-corrected chi connectivity index (χ2v) is 9.62. The summed E-state index contributed by atoms with van der Waals surface area (Å²) in [5.41, 5.74) is -19.4. The summed E-state index contributed by atoms with van der Waals surface area (Å²) >= 11 is 16.2. The number of para-hydroxylation sites is 1. The Bertz CT molecular complexity index is 1190. The van der Waals surface area contributed by atoms with Gasteiger partial charge in [0.25, 0.3) is 0 Å². The van der Waals surface area contributed by atoms with Crippen molar-refractivity contribution >= 4 is 58.0 Å². The van der Waals surface area contributed by atoms with Gasteiger partial charge in [0.2, 0.25) is 0 Å². The quantitative estimate of drug-likeness (QED) is 0.100. The van der Waals surface area contributed by atoms with Crippen LogP contribution in [0.4, 0.5) is 75.9 Å². The average molecular weight is 693 g/mol. The van der Waals surface area contributed by atoms with E-state index in [-0.39, 0.29) is 0 Å². The molecule has 21 heteroatoms. The van der Waals surface area contributed by atoms with Gasteiger partial charge in [0.1, 0.15) is 5.41 Å². The van der Waals surface area contributed by atoms with E-state index in [1.807, 2.05) is 0 Å². The van der Waals surface area contributed by atoms with Crippen LogP contribution >= 0.6 is 46.4 Å². The van der Waals surface area contributed by atoms with Crippen LogP contribution in [0.1, 0.15) is 0 Å². The van der Waals surface area contributed by atoms with Gasteiger partial charge in [-0.15, -0.1) is 0 Å². The first kappa shape index (κ1) is 34.7. The molecule has 0 atom stereocenters. The van der Waals surface area contributed by atoms with Crippen molar-refractivity contribution in [1.29, 1.82) is 0 Å². The van der Waals surface area contributed by atoms with Gasteiger partial charge in [0, 0.05) is 11.1 Å². The third-order valence-electron chi connectivity index (χ3n) is 5.20. The lowest BCUT2D eigenvalue weighted by Gasteiger charge is -2.39. The maximum Gasteiger partial charge on any atom is 0.388 e. The molecule has 226 valence electrons. The molecule has 1 aromatic rings. The van der Waals surface area contributed by atoms with Crippen molar-refractivity contribution in [2.75, 3.05) is 0 Å². The summed E-state index contributed by atoms with van der Waals surface area (Å²) in [6, 6.07) is 4.41. The van der Waals surface area contributed by atoms with Crippen LogP contribution in [-0.4, -0.2) is 51.1 Å². The van der Waals surface area contributed by atoms with Gasteiger partial charge in [-0.05, 0) is 64.4 Å². The van der Waals surface area contributed by atoms with Crippen LogP contribution in [-0.2, 0) is 0 Å². The average Bonchev–Trinajstić information content (AvgIpc) is 3.44. The lowest BCUT2D eigenvalue weighted by Crippen LogP contribution is -2.56. The highest BCUT2D eigenvalue weighted by Crippen LogP contribution is 2.80. The maximum absolute atomic E-state index is 15.1. The van der Waals surface area contributed by atoms with E-state index in [0.717, 1.165) is 18.2 Å². The molecule has 1 nitrogen and oxygen atoms in total. The third kappa shape index (κ3) is 5.13. The molecular formula is C19H5Cl4F16N. The topological polar surface area (TPSA) is 12.4 Å². The molecule has 0 amide bonds. The molecule has 2 rings (SSSR count). The molecule has 1 aliphatic carbocycles. The zero-order chi connectivity index (χ0) is 31.8. The third-order valence-corrected chi connectivity index (χ3v) is 6.15. The Balaban J connectivity index is 3.34. The number of halogens is 20. The highest BCUT2D eigenvalue weighted by molar-refractivity contribution is 6.24. The number of nitrogens with zero attached hydrogens (tertiary/aromatic N) is 1. The van der Waals surface area contributed by atoms with Crippen molar-refractivity contribution in [2.24, 2.45) is 10.4 Å². The second kappa shape index (κ2) is 9.75. The fraction of sp³-hybridized carbons (Fsp3) is 0.474. The summed E-state index contributed by atoms with van der Waals surface area (Å²) in [6.45, 7) is 0. The van der Waals surface area contributed by atoms with E-state index < -0.39 is 73.0 Å². The van der Waals surface area contributed by atoms with Crippen LogP contribution in [0.25, 0.3) is 0 Å². The van der Waals surface area contributed by atoms with Gasteiger partial charge in [-0.3, -0.25) is 0 Å². The SMILES string of the molecule is FC(F)(Cl)C(F)(F)C(=C=Nc1ccccc1)C1(C(F)(F)C(F)(F)Cl)C(C(F)(F)C(F)(F)Cl)=C1C(F)(F)C(F)(F)Cl. The molecule has 0 spiro atoms. The Morgan fingerprint density at radius 3 is 1.25 bits per heavy atom. The van der Waals surface area contributed by atoms with Crippen molar-refractivity contribution in [3.05, 3.63) is 47.1 Å². The van der Waals surface area contributed by atoms with Gasteiger partial charge in [0.05, 0.1) is 11.3 Å². The molecule has 0 aromatic heterocycles. The Labute approximate surface area is 231 Å². The molecule has 1 aromatic carbocycles. The van der Waals surface area contributed by atoms with Gasteiger partial charge in [-0.1, -0.05) is 18.2 Å². The number of alkyl halides is 20. The molecule has 0 heterocycles. The van der Waals surface area contributed by atoms with Crippen molar-refractivity contribution in [3.8, 4) is 0 Å². The standard InChI is InChI=1S/C19H5Cl4F16N/c20-16(32,33)12(24,25)8(6-40-7-4-2-1-3-5-7)11(15(30,31)19(23,38)39)9(13(26,27)17(21,34)35)10(11)14(28,29)18(22,36)37/h1-5H. The lowest BCUT2D eigenvalue weighted by molar-refractivity contribution is -0.219. The minimum absolute atomic E-state index is 0.442. The largest absolute Gasteiger partial charge is 0.388 e. The predicted octanol–water partition coefficient (Wildman–Crippen LogP) is 10.1. The first-order valence-corrected chi connectivity index (χ1v) is 10.9. The molecule has 0 saturated carbocycles. The summed E-state index contributed by atoms with van der Waals surface area (Å²) < 4.78 is 228. The first-order chi connectivity index (χ1) is 17.4. The van der Waals surface area contributed by atoms with Gasteiger partial charge < -0.3 is 0 Å². The van der Waals surface area contributed by atoms with E-state index >= 15 is 8.78 Å². The zero-order valence-corrected chi connectivity index (χ0v) is 20.9. The highest BCUT2D eigenvalue weighted by atomic mass is 35.5. The highest BCUT2D eigenvalue weighted by Gasteiger charge is 2.93. The van der Waals surface area contributed by atoms with E-state index in [2.05, 4.69) is 51.4 Å². The van der Waals surface area contributed by atoms with Crippen LogP contribution in [0.2, 0.25) is 0 Å². The van der Waals surface area contributed by atoms with E-state index in [1.165, 1.54) is 0 Å². The van der Waals surface area contributed by atoms with E-state index in [9.17, 15) is 61.5 Å². The summed E-state index contributed by atoms with van der Waals surface area (Å²) in [4.78, 5) is 2.71. The molecule has 0 saturated heterocycles. The van der Waals surface area contributed by atoms with Crippen molar-refractivity contribution in [1.82, 2.24) is 0 Å². The normalized spacial score (nSPS) is 17.5. The fourth-order valence-electron chi connectivity index (χ4n) is 3.44. The van der Waals surface area contributed by atoms with Crippen molar-refractivity contribution < 1.29 is 70.2 Å². The minimum Gasteiger partial charge on any atom is -0.206 e. The Kier molecular flexibility index (Phi) is 8.44. The van der Waals surface area contributed by atoms with Gasteiger partial charge in [-0.2, -0.15) is 70.2 Å². The predicted molar refractivity (Wildman–Crippen MR) is 109 cm³/mol.